The van der Waals surface area contributed by atoms with Crippen molar-refractivity contribution >= 4 is 5.97 Å². The predicted octanol–water partition coefficient (Wildman–Crippen LogP) is 2.07. The molecular weight excluding hydrogens is 317 g/mol. The van der Waals surface area contributed by atoms with Crippen LogP contribution < -0.4 is 0 Å². The van der Waals surface area contributed by atoms with Crippen molar-refractivity contribution in [2.24, 2.45) is 5.92 Å². The highest BCUT2D eigenvalue weighted by Gasteiger charge is 2.75. The second-order valence-corrected chi connectivity index (χ2v) is 3.78. The molecule has 0 saturated carbocycles. The normalized spacial score (nSPS) is 15.5. The van der Waals surface area contributed by atoms with Crippen LogP contribution in [0.25, 0.3) is 0 Å². The van der Waals surface area contributed by atoms with Crippen LogP contribution in [-0.4, -0.2) is 52.0 Å². The van der Waals surface area contributed by atoms with E-state index in [1.54, 1.807) is 0 Å². The third-order valence-electron chi connectivity index (χ3n) is 2.29. The average Bonchev–Trinajstić information content (AvgIpc) is 2.35. The van der Waals surface area contributed by atoms with Gasteiger partial charge in [-0.2, -0.15) is 30.7 Å². The number of carbonyl (C=O) groups is 1. The number of rotatable bonds is 5. The summed E-state index contributed by atoms with van der Waals surface area (Å²) in [5, 5.41) is 24.5. The van der Waals surface area contributed by atoms with Gasteiger partial charge in [0, 0.05) is 6.08 Å². The van der Waals surface area contributed by atoms with Gasteiger partial charge in [0.25, 0.3) is 0 Å². The molecule has 0 radical (unpaired) electrons. The quantitative estimate of drug-likeness (QED) is 0.533. The number of aliphatic hydroxyl groups is 2. The molecule has 0 rings (SSSR count). The van der Waals surface area contributed by atoms with Gasteiger partial charge in [0.1, 0.15) is 0 Å². The Balaban J connectivity index is 0. The lowest BCUT2D eigenvalue weighted by atomic mass is 9.92. The molecule has 11 heteroatoms. The van der Waals surface area contributed by atoms with E-state index in [0.717, 1.165) is 6.08 Å². The first-order valence-electron chi connectivity index (χ1n) is 5.13. The van der Waals surface area contributed by atoms with Gasteiger partial charge in [-0.3, -0.25) is 0 Å². The number of aliphatic carboxylic acids is 1. The fourth-order valence-corrected chi connectivity index (χ4v) is 0.875. The van der Waals surface area contributed by atoms with Crippen molar-refractivity contribution in [3.05, 3.63) is 12.7 Å². The largest absolute Gasteiger partial charge is 0.478 e. The van der Waals surface area contributed by atoms with Crippen molar-refractivity contribution in [3.8, 4) is 0 Å². The molecule has 0 aromatic rings. The minimum Gasteiger partial charge on any atom is -0.478 e. The van der Waals surface area contributed by atoms with Gasteiger partial charge in [-0.15, -0.1) is 0 Å². The van der Waals surface area contributed by atoms with Crippen LogP contribution in [0.1, 0.15) is 6.92 Å². The smallest absolute Gasteiger partial charge is 0.459 e. The van der Waals surface area contributed by atoms with Crippen LogP contribution in [0.5, 0.6) is 0 Å². The zero-order chi connectivity index (χ0) is 17.6. The highest BCUT2D eigenvalue weighted by Crippen LogP contribution is 2.50. The number of carboxylic acid groups (broad SMARTS) is 1. The van der Waals surface area contributed by atoms with Gasteiger partial charge in [-0.1, -0.05) is 13.5 Å². The van der Waals surface area contributed by atoms with Gasteiger partial charge < -0.3 is 15.3 Å². The van der Waals surface area contributed by atoms with E-state index in [2.05, 4.69) is 6.58 Å². The lowest BCUT2D eigenvalue weighted by Gasteiger charge is -2.33. The second kappa shape index (κ2) is 7.59. The Morgan fingerprint density at radius 2 is 1.52 bits per heavy atom. The summed E-state index contributed by atoms with van der Waals surface area (Å²) < 4.78 is 85.4. The Bertz CT molecular complexity index is 354. The molecule has 0 bridgehead atoms. The first-order valence-corrected chi connectivity index (χ1v) is 5.13. The number of hydrogen-bond donors (Lipinski definition) is 3. The van der Waals surface area contributed by atoms with E-state index in [1.807, 2.05) is 0 Å². The first kappa shape index (κ1) is 21.9. The lowest BCUT2D eigenvalue weighted by Crippen LogP contribution is -2.57. The van der Waals surface area contributed by atoms with Crippen LogP contribution in [0.15, 0.2) is 12.7 Å². The summed E-state index contributed by atoms with van der Waals surface area (Å²) in [4.78, 5) is 9.25. The van der Waals surface area contributed by atoms with E-state index < -0.39 is 42.6 Å². The van der Waals surface area contributed by atoms with E-state index in [4.69, 9.17) is 15.3 Å². The summed E-state index contributed by atoms with van der Waals surface area (Å²) in [6.07, 6.45) is -7.97. The van der Waals surface area contributed by atoms with Gasteiger partial charge in [0.15, 0.2) is 0 Å². The average molecular weight is 330 g/mol. The summed E-state index contributed by atoms with van der Waals surface area (Å²) >= 11 is 0. The molecule has 0 aliphatic heterocycles. The maximum absolute atomic E-state index is 12.8. The third-order valence-corrected chi connectivity index (χ3v) is 2.29. The van der Waals surface area contributed by atoms with E-state index >= 15 is 0 Å². The highest BCUT2D eigenvalue weighted by molar-refractivity contribution is 5.78. The summed E-state index contributed by atoms with van der Waals surface area (Å²) in [5.74, 6) is -15.5. The van der Waals surface area contributed by atoms with Crippen LogP contribution >= 0.6 is 0 Å². The maximum atomic E-state index is 12.8. The number of alkyl halides is 7. The van der Waals surface area contributed by atoms with Crippen molar-refractivity contribution in [1.29, 1.82) is 0 Å². The number of carboxylic acids is 1. The minimum absolute atomic E-state index is 0.292. The number of aliphatic hydroxyl groups excluding tert-OH is 2. The molecule has 0 saturated heterocycles. The van der Waals surface area contributed by atoms with Gasteiger partial charge in [-0.05, 0) is 0 Å². The number of halogens is 7. The van der Waals surface area contributed by atoms with Crippen LogP contribution in [0, 0.1) is 5.92 Å². The van der Waals surface area contributed by atoms with Gasteiger partial charge in [0.05, 0.1) is 18.6 Å². The molecule has 3 N–H and O–H groups in total. The van der Waals surface area contributed by atoms with Gasteiger partial charge in [0.2, 0.25) is 0 Å². The maximum Gasteiger partial charge on any atom is 0.459 e. The van der Waals surface area contributed by atoms with Gasteiger partial charge >= 0.3 is 24.0 Å². The monoisotopic (exact) mass is 330 g/mol. The molecule has 0 amide bonds. The molecule has 0 aromatic heterocycles. The Labute approximate surface area is 114 Å². The minimum atomic E-state index is -6.43. The predicted molar refractivity (Wildman–Crippen MR) is 56.0 cm³/mol. The molecule has 0 spiro atoms. The third kappa shape index (κ3) is 5.50. The van der Waals surface area contributed by atoms with Crippen molar-refractivity contribution in [3.63, 3.8) is 0 Å². The Hall–Kier alpha value is -1.36. The van der Waals surface area contributed by atoms with Crippen LogP contribution in [-0.2, 0) is 4.79 Å². The molecule has 0 aromatic carbocycles. The topological polar surface area (TPSA) is 77.8 Å². The molecule has 126 valence electrons. The molecule has 0 fully saturated rings. The molecule has 4 nitrogen and oxygen atoms in total. The number of hydrogen-bond acceptors (Lipinski definition) is 3. The summed E-state index contributed by atoms with van der Waals surface area (Å²) in [6, 6.07) is 0. The lowest BCUT2D eigenvalue weighted by molar-refractivity contribution is -0.369. The Kier molecular flexibility index (Phi) is 7.93. The van der Waals surface area contributed by atoms with Crippen molar-refractivity contribution < 1.29 is 50.8 Å². The molecule has 0 aliphatic rings. The summed E-state index contributed by atoms with van der Waals surface area (Å²) in [7, 11) is 0. The fraction of sp³-hybridized carbons (Fsp3) is 0.700. The molecule has 2 unspecified atom stereocenters. The highest BCUT2D eigenvalue weighted by atomic mass is 19.4. The van der Waals surface area contributed by atoms with Crippen LogP contribution in [0.3, 0.4) is 0 Å². The van der Waals surface area contributed by atoms with E-state index in [1.165, 1.54) is 0 Å². The van der Waals surface area contributed by atoms with E-state index in [-0.39, 0.29) is 0 Å². The zero-order valence-corrected chi connectivity index (χ0v) is 10.5. The fourth-order valence-electron chi connectivity index (χ4n) is 0.875. The molecule has 0 aliphatic carbocycles. The zero-order valence-electron chi connectivity index (χ0n) is 10.5. The SMILES string of the molecule is C=CC(=O)O.CC(C(O)CO)C(F)(F)C(F)(F)C(F)(F)F. The second-order valence-electron chi connectivity index (χ2n) is 3.78. The standard InChI is InChI=1S/C7H9F7O2.C3H4O2/c1-3(4(16)2-15)5(8,9)6(10,11)7(12,13)14;1-2-3(4)5/h3-4,15-16H,2H2,1H3;2H,1H2,(H,4,5). The molecule has 21 heavy (non-hydrogen) atoms. The summed E-state index contributed by atoms with van der Waals surface area (Å²) in [5.41, 5.74) is 0. The Morgan fingerprint density at radius 3 is 1.71 bits per heavy atom. The molecular formula is C10H13F7O4. The van der Waals surface area contributed by atoms with Crippen molar-refractivity contribution in [1.82, 2.24) is 0 Å². The van der Waals surface area contributed by atoms with Crippen LogP contribution in [0.4, 0.5) is 30.7 Å². The molecule has 2 atom stereocenters. The molecule has 0 heterocycles. The van der Waals surface area contributed by atoms with Gasteiger partial charge in [-0.25, -0.2) is 4.79 Å². The van der Waals surface area contributed by atoms with E-state index in [0.29, 0.717) is 6.92 Å². The van der Waals surface area contributed by atoms with Crippen LogP contribution in [0.2, 0.25) is 0 Å². The van der Waals surface area contributed by atoms with Crippen molar-refractivity contribution in [2.45, 2.75) is 31.0 Å². The van der Waals surface area contributed by atoms with Crippen molar-refractivity contribution in [2.75, 3.05) is 6.61 Å². The first-order chi connectivity index (χ1) is 9.16. The Morgan fingerprint density at radius 1 is 1.19 bits per heavy atom. The summed E-state index contributed by atoms with van der Waals surface area (Å²) in [6.45, 7) is 1.91. The van der Waals surface area contributed by atoms with E-state index in [9.17, 15) is 35.5 Å².